The van der Waals surface area contributed by atoms with Gasteiger partial charge in [0, 0.05) is 0 Å². The molecule has 0 saturated heterocycles. The molecule has 142 valence electrons. The summed E-state index contributed by atoms with van der Waals surface area (Å²) in [6.07, 6.45) is 0.854. The molecule has 0 spiro atoms. The van der Waals surface area contributed by atoms with E-state index in [1.807, 2.05) is 13.8 Å². The zero-order chi connectivity index (χ0) is 20.0. The highest BCUT2D eigenvalue weighted by atomic mass is 16.3. The quantitative estimate of drug-likeness (QED) is 0.629. The van der Waals surface area contributed by atoms with Crippen molar-refractivity contribution in [2.75, 3.05) is 0 Å². The van der Waals surface area contributed by atoms with Gasteiger partial charge in [-0.25, -0.2) is 0 Å². The second-order valence-corrected chi connectivity index (χ2v) is 9.94. The number of phenolic OH excluding ortho intramolecular Hbond substituents is 1. The lowest BCUT2D eigenvalue weighted by Gasteiger charge is -2.30. The maximum absolute atomic E-state index is 10.5. The largest absolute Gasteiger partial charge is 0.507 e. The highest BCUT2D eigenvalue weighted by Crippen LogP contribution is 2.36. The summed E-state index contributed by atoms with van der Waals surface area (Å²) >= 11 is 0. The predicted molar refractivity (Wildman–Crippen MR) is 114 cm³/mol. The number of rotatable bonds is 2. The average Bonchev–Trinajstić information content (AvgIpc) is 2.49. The highest BCUT2D eigenvalue weighted by Gasteiger charge is 2.24. The summed E-state index contributed by atoms with van der Waals surface area (Å²) in [6.45, 7) is 22.1. The van der Waals surface area contributed by atoms with Crippen LogP contribution in [0.1, 0.15) is 86.1 Å². The Labute approximate surface area is 160 Å². The van der Waals surface area contributed by atoms with Crippen LogP contribution in [0.5, 0.6) is 5.75 Å². The van der Waals surface area contributed by atoms with Crippen LogP contribution in [0, 0.1) is 27.7 Å². The zero-order valence-corrected chi connectivity index (χ0v) is 18.4. The third-order valence-electron chi connectivity index (χ3n) is 5.65. The van der Waals surface area contributed by atoms with Crippen LogP contribution < -0.4 is 0 Å². The van der Waals surface area contributed by atoms with E-state index in [2.05, 4.69) is 73.6 Å². The second kappa shape index (κ2) is 6.76. The number of hydrogen-bond donors (Lipinski definition) is 1. The minimum absolute atomic E-state index is 0.112. The first-order valence-electron chi connectivity index (χ1n) is 9.66. The molecule has 26 heavy (non-hydrogen) atoms. The number of aryl methyl sites for hydroxylation is 1. The van der Waals surface area contributed by atoms with Gasteiger partial charge in [-0.3, -0.25) is 0 Å². The number of phenols is 1. The fraction of sp³-hybridized carbons (Fsp3) is 0.520. The topological polar surface area (TPSA) is 20.2 Å². The molecule has 0 unspecified atom stereocenters. The Hall–Kier alpha value is -1.76. The number of aromatic hydroxyl groups is 1. The molecular weight excluding hydrogens is 316 g/mol. The van der Waals surface area contributed by atoms with Crippen molar-refractivity contribution in [1.29, 1.82) is 0 Å². The summed E-state index contributed by atoms with van der Waals surface area (Å²) in [6, 6.07) is 6.98. The Morgan fingerprint density at radius 1 is 0.692 bits per heavy atom. The first kappa shape index (κ1) is 20.6. The molecule has 0 aliphatic heterocycles. The van der Waals surface area contributed by atoms with Crippen molar-refractivity contribution in [2.24, 2.45) is 0 Å². The van der Waals surface area contributed by atoms with E-state index < -0.39 is 0 Å². The summed E-state index contributed by atoms with van der Waals surface area (Å²) in [5.41, 5.74) is 10.2. The lowest BCUT2D eigenvalue weighted by atomic mass is 9.75. The SMILES string of the molecule is Cc1cc(Cc2cc(C(C)(C)C)c(C)c(C(C)(C)C)c2)c(C)c(O)c1C. The smallest absolute Gasteiger partial charge is 0.121 e. The molecule has 1 nitrogen and oxygen atoms in total. The normalized spacial score (nSPS) is 12.5. The van der Waals surface area contributed by atoms with Crippen molar-refractivity contribution >= 4 is 0 Å². The highest BCUT2D eigenvalue weighted by molar-refractivity contribution is 5.51. The van der Waals surface area contributed by atoms with E-state index in [-0.39, 0.29) is 10.8 Å². The Morgan fingerprint density at radius 3 is 1.58 bits per heavy atom. The van der Waals surface area contributed by atoms with Gasteiger partial charge in [-0.05, 0) is 89.5 Å². The van der Waals surface area contributed by atoms with E-state index >= 15 is 0 Å². The molecule has 0 fully saturated rings. The Bertz CT molecular complexity index is 792. The molecule has 0 aromatic heterocycles. The van der Waals surface area contributed by atoms with Crippen LogP contribution in [0.3, 0.4) is 0 Å². The molecular formula is C25H36O. The third-order valence-corrected chi connectivity index (χ3v) is 5.65. The average molecular weight is 353 g/mol. The van der Waals surface area contributed by atoms with Crippen molar-refractivity contribution in [2.45, 2.75) is 86.5 Å². The number of benzene rings is 2. The monoisotopic (exact) mass is 352 g/mol. The van der Waals surface area contributed by atoms with Gasteiger partial charge in [0.2, 0.25) is 0 Å². The summed E-state index contributed by atoms with van der Waals surface area (Å²) in [7, 11) is 0. The van der Waals surface area contributed by atoms with Crippen molar-refractivity contribution in [3.05, 3.63) is 62.7 Å². The molecule has 2 aromatic carbocycles. The van der Waals surface area contributed by atoms with E-state index in [1.54, 1.807) is 0 Å². The molecule has 0 saturated carbocycles. The molecule has 1 N–H and O–H groups in total. The van der Waals surface area contributed by atoms with Crippen molar-refractivity contribution in [3.8, 4) is 5.75 Å². The lowest BCUT2D eigenvalue weighted by molar-refractivity contribution is 0.465. The number of hydrogen-bond acceptors (Lipinski definition) is 1. The minimum atomic E-state index is 0.112. The van der Waals surface area contributed by atoms with Crippen molar-refractivity contribution < 1.29 is 5.11 Å². The van der Waals surface area contributed by atoms with Crippen LogP contribution >= 0.6 is 0 Å². The fourth-order valence-corrected chi connectivity index (χ4v) is 3.94. The molecule has 0 aliphatic rings. The van der Waals surface area contributed by atoms with Gasteiger partial charge in [0.05, 0.1) is 0 Å². The van der Waals surface area contributed by atoms with E-state index in [1.165, 1.54) is 27.8 Å². The molecule has 0 bridgehead atoms. The van der Waals surface area contributed by atoms with Gasteiger partial charge in [-0.1, -0.05) is 59.7 Å². The lowest BCUT2D eigenvalue weighted by Crippen LogP contribution is -2.20. The molecule has 0 amide bonds. The van der Waals surface area contributed by atoms with Crippen LogP contribution in [0.25, 0.3) is 0 Å². The Morgan fingerprint density at radius 2 is 1.15 bits per heavy atom. The predicted octanol–water partition coefficient (Wildman–Crippen LogP) is 6.81. The molecule has 0 heterocycles. The van der Waals surface area contributed by atoms with Gasteiger partial charge >= 0.3 is 0 Å². The maximum atomic E-state index is 10.5. The zero-order valence-electron chi connectivity index (χ0n) is 18.4. The van der Waals surface area contributed by atoms with E-state index in [9.17, 15) is 5.11 Å². The molecule has 0 atom stereocenters. The minimum Gasteiger partial charge on any atom is -0.507 e. The van der Waals surface area contributed by atoms with Gasteiger partial charge in [0.1, 0.15) is 5.75 Å². The van der Waals surface area contributed by atoms with E-state index in [0.717, 1.165) is 23.1 Å². The van der Waals surface area contributed by atoms with Gasteiger partial charge < -0.3 is 5.11 Å². The summed E-state index contributed by atoms with van der Waals surface area (Å²) in [4.78, 5) is 0. The van der Waals surface area contributed by atoms with E-state index in [4.69, 9.17) is 0 Å². The molecule has 1 heteroatoms. The summed E-state index contributed by atoms with van der Waals surface area (Å²) < 4.78 is 0. The van der Waals surface area contributed by atoms with E-state index in [0.29, 0.717) is 5.75 Å². The molecule has 2 aromatic rings. The van der Waals surface area contributed by atoms with Gasteiger partial charge in [0.15, 0.2) is 0 Å². The third kappa shape index (κ3) is 3.98. The van der Waals surface area contributed by atoms with Crippen molar-refractivity contribution in [3.63, 3.8) is 0 Å². The van der Waals surface area contributed by atoms with Crippen molar-refractivity contribution in [1.82, 2.24) is 0 Å². The first-order valence-corrected chi connectivity index (χ1v) is 9.66. The maximum Gasteiger partial charge on any atom is 0.121 e. The summed E-state index contributed by atoms with van der Waals surface area (Å²) in [5, 5.41) is 10.5. The van der Waals surface area contributed by atoms with Crippen LogP contribution in [-0.4, -0.2) is 5.11 Å². The fourth-order valence-electron chi connectivity index (χ4n) is 3.94. The van der Waals surface area contributed by atoms with Crippen LogP contribution in [0.4, 0.5) is 0 Å². The van der Waals surface area contributed by atoms with Gasteiger partial charge in [-0.2, -0.15) is 0 Å². The second-order valence-electron chi connectivity index (χ2n) is 9.94. The summed E-state index contributed by atoms with van der Waals surface area (Å²) in [5.74, 6) is 0.444. The van der Waals surface area contributed by atoms with Crippen LogP contribution in [-0.2, 0) is 17.3 Å². The van der Waals surface area contributed by atoms with Gasteiger partial charge in [0.25, 0.3) is 0 Å². The Balaban J connectivity index is 2.65. The van der Waals surface area contributed by atoms with Gasteiger partial charge in [-0.15, -0.1) is 0 Å². The Kier molecular flexibility index (Phi) is 5.34. The van der Waals surface area contributed by atoms with Crippen LogP contribution in [0.2, 0.25) is 0 Å². The first-order chi connectivity index (χ1) is 11.7. The molecule has 0 radical (unpaired) electrons. The molecule has 0 aliphatic carbocycles. The molecule has 2 rings (SSSR count). The van der Waals surface area contributed by atoms with Crippen LogP contribution in [0.15, 0.2) is 18.2 Å². The standard InChI is InChI=1S/C25H36O/c1-15-11-20(17(3)23(26)16(15)2)12-19-13-21(24(5,6)7)18(4)22(14-19)25(8,9)10/h11,13-14,26H,12H2,1-10H3.